The van der Waals surface area contributed by atoms with Crippen LogP contribution < -0.4 is 5.73 Å². The van der Waals surface area contributed by atoms with E-state index in [2.05, 4.69) is 0 Å². The minimum absolute atomic E-state index is 0.222. The standard InChI is InChI=1S/C7H14NO2/c8-7(6-10)4-2-1-3-5-9/h7,9H,1-5,8H2/t7-/m0/s1. The van der Waals surface area contributed by atoms with Gasteiger partial charge in [-0.15, -0.1) is 0 Å². The first-order chi connectivity index (χ1) is 4.81. The van der Waals surface area contributed by atoms with Crippen LogP contribution in [-0.4, -0.2) is 24.0 Å². The fourth-order valence-corrected chi connectivity index (χ4v) is 0.712. The third kappa shape index (κ3) is 5.72. The summed E-state index contributed by atoms with van der Waals surface area (Å²) >= 11 is 0. The molecule has 3 N–H and O–H groups in total. The lowest BCUT2D eigenvalue weighted by Crippen LogP contribution is -2.20. The predicted octanol–water partition coefficient (Wildman–Crippen LogP) is -0.0239. The molecule has 0 amide bonds. The Morgan fingerprint density at radius 2 is 2.10 bits per heavy atom. The highest BCUT2D eigenvalue weighted by Crippen LogP contribution is 1.99. The monoisotopic (exact) mass is 144 g/mol. The second kappa shape index (κ2) is 6.71. The molecule has 0 unspecified atom stereocenters. The summed E-state index contributed by atoms with van der Waals surface area (Å²) in [6.45, 7) is 0.222. The third-order valence-corrected chi connectivity index (χ3v) is 1.32. The predicted molar refractivity (Wildman–Crippen MR) is 39.2 cm³/mol. The maximum atomic E-state index is 9.87. The van der Waals surface area contributed by atoms with E-state index in [1.165, 1.54) is 0 Å². The van der Waals surface area contributed by atoms with Crippen LogP contribution in [-0.2, 0) is 4.79 Å². The topological polar surface area (TPSA) is 63.3 Å². The van der Waals surface area contributed by atoms with Gasteiger partial charge in [0.1, 0.15) is 0 Å². The Hall–Kier alpha value is -0.410. The Morgan fingerprint density at radius 3 is 2.60 bits per heavy atom. The minimum Gasteiger partial charge on any atom is -0.396 e. The summed E-state index contributed by atoms with van der Waals surface area (Å²) in [5.41, 5.74) is 5.27. The van der Waals surface area contributed by atoms with Crippen LogP contribution in [0.1, 0.15) is 25.7 Å². The van der Waals surface area contributed by atoms with Crippen LogP contribution in [0.25, 0.3) is 0 Å². The van der Waals surface area contributed by atoms with Gasteiger partial charge in [0.25, 0.3) is 0 Å². The van der Waals surface area contributed by atoms with Crippen LogP contribution >= 0.6 is 0 Å². The number of unbranched alkanes of at least 4 members (excludes halogenated alkanes) is 2. The largest absolute Gasteiger partial charge is 0.396 e. The van der Waals surface area contributed by atoms with E-state index in [0.717, 1.165) is 19.3 Å². The Balaban J connectivity index is 2.95. The van der Waals surface area contributed by atoms with Gasteiger partial charge in [0.15, 0.2) is 0 Å². The van der Waals surface area contributed by atoms with E-state index in [0.29, 0.717) is 6.42 Å². The SMILES string of the molecule is N[C@H]([C]=O)CCCCCO. The summed E-state index contributed by atoms with van der Waals surface area (Å²) in [5.74, 6) is 0. The smallest absolute Gasteiger partial charge is 0.216 e. The number of carbonyl (C=O) groups excluding carboxylic acids is 1. The molecule has 0 bridgehead atoms. The fraction of sp³-hybridized carbons (Fsp3) is 0.857. The van der Waals surface area contributed by atoms with Gasteiger partial charge in [-0.05, 0) is 12.8 Å². The molecule has 1 radical (unpaired) electrons. The summed E-state index contributed by atoms with van der Waals surface area (Å²) < 4.78 is 0. The molecule has 59 valence electrons. The Labute approximate surface area is 61.2 Å². The molecule has 0 fully saturated rings. The molecule has 0 aromatic heterocycles. The highest BCUT2D eigenvalue weighted by molar-refractivity contribution is 5.57. The van der Waals surface area contributed by atoms with Crippen molar-refractivity contribution in [3.05, 3.63) is 0 Å². The molecule has 3 heteroatoms. The molecular formula is C7H14NO2. The minimum atomic E-state index is -0.432. The maximum Gasteiger partial charge on any atom is 0.216 e. The zero-order chi connectivity index (χ0) is 7.82. The number of aliphatic hydroxyl groups excluding tert-OH is 1. The van der Waals surface area contributed by atoms with E-state index in [1.54, 1.807) is 6.29 Å². The van der Waals surface area contributed by atoms with Crippen molar-refractivity contribution in [3.8, 4) is 0 Å². The molecule has 0 aromatic rings. The molecular weight excluding hydrogens is 130 g/mol. The van der Waals surface area contributed by atoms with Crippen molar-refractivity contribution in [1.82, 2.24) is 0 Å². The highest BCUT2D eigenvalue weighted by Gasteiger charge is 1.98. The maximum absolute atomic E-state index is 9.87. The Morgan fingerprint density at radius 1 is 1.40 bits per heavy atom. The van der Waals surface area contributed by atoms with Gasteiger partial charge in [0.05, 0.1) is 6.04 Å². The number of rotatable bonds is 6. The summed E-state index contributed by atoms with van der Waals surface area (Å²) in [6, 6.07) is -0.432. The third-order valence-electron chi connectivity index (χ3n) is 1.32. The van der Waals surface area contributed by atoms with Gasteiger partial charge in [-0.3, -0.25) is 4.79 Å². The van der Waals surface area contributed by atoms with Crippen LogP contribution in [0.4, 0.5) is 0 Å². The van der Waals surface area contributed by atoms with Crippen molar-refractivity contribution in [1.29, 1.82) is 0 Å². The first kappa shape index (κ1) is 9.59. The second-order valence-electron chi connectivity index (χ2n) is 2.30. The first-order valence-electron chi connectivity index (χ1n) is 3.55. The number of nitrogens with two attached hydrogens (primary N) is 1. The zero-order valence-electron chi connectivity index (χ0n) is 6.05. The van der Waals surface area contributed by atoms with E-state index in [-0.39, 0.29) is 6.61 Å². The van der Waals surface area contributed by atoms with E-state index in [9.17, 15) is 4.79 Å². The zero-order valence-corrected chi connectivity index (χ0v) is 6.05. The van der Waals surface area contributed by atoms with Crippen molar-refractivity contribution < 1.29 is 9.90 Å². The molecule has 0 aromatic carbocycles. The fourth-order valence-electron chi connectivity index (χ4n) is 0.712. The number of hydrogen-bond acceptors (Lipinski definition) is 3. The molecule has 3 nitrogen and oxygen atoms in total. The molecule has 1 atom stereocenters. The van der Waals surface area contributed by atoms with Crippen molar-refractivity contribution >= 4 is 6.29 Å². The van der Waals surface area contributed by atoms with Crippen LogP contribution in [0.2, 0.25) is 0 Å². The summed E-state index contributed by atoms with van der Waals surface area (Å²) in [5, 5.41) is 8.38. The molecule has 0 heterocycles. The van der Waals surface area contributed by atoms with Crippen molar-refractivity contribution in [2.75, 3.05) is 6.61 Å². The normalized spacial score (nSPS) is 13.0. The van der Waals surface area contributed by atoms with E-state index < -0.39 is 6.04 Å². The number of aliphatic hydroxyl groups is 1. The van der Waals surface area contributed by atoms with E-state index >= 15 is 0 Å². The van der Waals surface area contributed by atoms with Gasteiger partial charge in [0.2, 0.25) is 6.29 Å². The van der Waals surface area contributed by atoms with Gasteiger partial charge in [0, 0.05) is 6.61 Å². The molecule has 0 rings (SSSR count). The van der Waals surface area contributed by atoms with Crippen LogP contribution in [0, 0.1) is 0 Å². The molecule has 0 saturated heterocycles. The Kier molecular flexibility index (Phi) is 6.43. The summed E-state index contributed by atoms with van der Waals surface area (Å²) in [6.07, 6.45) is 5.02. The average Bonchev–Trinajstić information content (AvgIpc) is 1.98. The summed E-state index contributed by atoms with van der Waals surface area (Å²) in [4.78, 5) is 9.87. The molecule has 0 aliphatic heterocycles. The summed E-state index contributed by atoms with van der Waals surface area (Å²) in [7, 11) is 0. The molecule has 0 aliphatic rings. The van der Waals surface area contributed by atoms with Crippen LogP contribution in [0.3, 0.4) is 0 Å². The molecule has 10 heavy (non-hydrogen) atoms. The van der Waals surface area contributed by atoms with Gasteiger partial charge < -0.3 is 10.8 Å². The molecule has 0 spiro atoms. The van der Waals surface area contributed by atoms with Crippen molar-refractivity contribution in [2.45, 2.75) is 31.7 Å². The highest BCUT2D eigenvalue weighted by atomic mass is 16.2. The van der Waals surface area contributed by atoms with Crippen LogP contribution in [0.15, 0.2) is 0 Å². The van der Waals surface area contributed by atoms with Gasteiger partial charge in [-0.25, -0.2) is 0 Å². The lowest BCUT2D eigenvalue weighted by atomic mass is 10.1. The molecule has 0 saturated carbocycles. The molecule has 0 aliphatic carbocycles. The quantitative estimate of drug-likeness (QED) is 0.515. The number of hydrogen-bond donors (Lipinski definition) is 2. The van der Waals surface area contributed by atoms with Gasteiger partial charge in [-0.2, -0.15) is 0 Å². The lowest BCUT2D eigenvalue weighted by Gasteiger charge is -2.00. The van der Waals surface area contributed by atoms with Crippen molar-refractivity contribution in [2.24, 2.45) is 5.73 Å². The van der Waals surface area contributed by atoms with E-state index in [4.69, 9.17) is 10.8 Å². The van der Waals surface area contributed by atoms with Crippen molar-refractivity contribution in [3.63, 3.8) is 0 Å². The van der Waals surface area contributed by atoms with Gasteiger partial charge in [-0.1, -0.05) is 12.8 Å². The van der Waals surface area contributed by atoms with E-state index in [1.807, 2.05) is 0 Å². The average molecular weight is 144 g/mol. The first-order valence-corrected chi connectivity index (χ1v) is 3.55. The lowest BCUT2D eigenvalue weighted by molar-refractivity contribution is 0.282. The second-order valence-corrected chi connectivity index (χ2v) is 2.30. The van der Waals surface area contributed by atoms with Gasteiger partial charge >= 0.3 is 0 Å². The Bertz CT molecular complexity index is 85.7. The van der Waals surface area contributed by atoms with Crippen LogP contribution in [0.5, 0.6) is 0 Å².